The number of aromatic nitrogens is 1. The topological polar surface area (TPSA) is 57.7 Å². The van der Waals surface area contributed by atoms with Gasteiger partial charge in [-0.15, -0.1) is 0 Å². The van der Waals surface area contributed by atoms with Crippen molar-refractivity contribution in [3.05, 3.63) is 47.7 Å². The third-order valence-corrected chi connectivity index (χ3v) is 5.61. The number of hydrogen-bond donors (Lipinski definition) is 1. The number of carbonyl (C=O) groups is 1. The first-order valence-electron chi connectivity index (χ1n) is 9.41. The molecule has 1 aromatic heterocycles. The van der Waals surface area contributed by atoms with E-state index in [1.54, 1.807) is 12.0 Å². The van der Waals surface area contributed by atoms with Gasteiger partial charge in [0, 0.05) is 50.8 Å². The predicted molar refractivity (Wildman–Crippen MR) is 107 cm³/mol. The van der Waals surface area contributed by atoms with Gasteiger partial charge < -0.3 is 19.9 Å². The number of rotatable bonds is 4. The first-order valence-corrected chi connectivity index (χ1v) is 9.41. The molecule has 1 amide bonds. The normalized spacial score (nSPS) is 20.9. The maximum Gasteiger partial charge on any atom is 0.227 e. The van der Waals surface area contributed by atoms with E-state index in [1.807, 2.05) is 38.5 Å². The van der Waals surface area contributed by atoms with E-state index in [-0.39, 0.29) is 17.7 Å². The second-order valence-corrected chi connectivity index (χ2v) is 7.47. The number of carbonyl (C=O) groups excluding carboxylic acids is 1. The Morgan fingerprint density at radius 1 is 1.30 bits per heavy atom. The number of methoxy groups -OCH3 is 1. The molecule has 3 heterocycles. The van der Waals surface area contributed by atoms with Gasteiger partial charge in [-0.3, -0.25) is 4.79 Å². The van der Waals surface area contributed by atoms with E-state index in [2.05, 4.69) is 27.3 Å². The molecule has 2 aliphatic heterocycles. The third-order valence-electron chi connectivity index (χ3n) is 5.61. The summed E-state index contributed by atoms with van der Waals surface area (Å²) in [6, 6.07) is 10.4. The molecule has 1 N–H and O–H groups in total. The first-order chi connectivity index (χ1) is 13.1. The zero-order chi connectivity index (χ0) is 19.0. The van der Waals surface area contributed by atoms with Gasteiger partial charge in [0.15, 0.2) is 0 Å². The van der Waals surface area contributed by atoms with Crippen LogP contribution in [0.15, 0.2) is 36.5 Å². The lowest BCUT2D eigenvalue weighted by Crippen LogP contribution is -2.31. The molecule has 27 heavy (non-hydrogen) atoms. The summed E-state index contributed by atoms with van der Waals surface area (Å²) in [5.41, 5.74) is 3.46. The zero-order valence-electron chi connectivity index (χ0n) is 16.1. The van der Waals surface area contributed by atoms with Gasteiger partial charge in [0.25, 0.3) is 0 Å². The van der Waals surface area contributed by atoms with Crippen molar-refractivity contribution in [1.82, 2.24) is 9.88 Å². The Labute approximate surface area is 160 Å². The maximum atomic E-state index is 12.3. The van der Waals surface area contributed by atoms with Gasteiger partial charge in [-0.2, -0.15) is 0 Å². The van der Waals surface area contributed by atoms with Crippen LogP contribution in [0.25, 0.3) is 0 Å². The van der Waals surface area contributed by atoms with Crippen LogP contribution in [0.5, 0.6) is 5.75 Å². The quantitative estimate of drug-likeness (QED) is 0.901. The van der Waals surface area contributed by atoms with Crippen molar-refractivity contribution in [1.29, 1.82) is 0 Å². The number of nitrogens with one attached hydrogen (secondary N) is 1. The molecule has 0 spiro atoms. The van der Waals surface area contributed by atoms with Crippen LogP contribution < -0.4 is 15.0 Å². The highest BCUT2D eigenvalue weighted by atomic mass is 16.5. The van der Waals surface area contributed by atoms with Crippen LogP contribution in [0, 0.1) is 5.92 Å². The lowest BCUT2D eigenvalue weighted by molar-refractivity contribution is -0.132. The smallest absolute Gasteiger partial charge is 0.227 e. The SMILES string of the molecule is COc1ccccc1C1CNc2ncc(N3CCC(C(=O)N(C)C)C3)cc21. The zero-order valence-corrected chi connectivity index (χ0v) is 16.1. The Morgan fingerprint density at radius 2 is 2.11 bits per heavy atom. The standard InChI is InChI=1S/C21H26N4O2/c1-24(2)21(26)14-8-9-25(13-14)15-10-17-18(12-23-20(17)22-11-15)16-6-4-5-7-19(16)27-3/h4-7,10-11,14,18H,8-9,12-13H2,1-3H3,(H,22,23). The minimum atomic E-state index is 0.0661. The van der Waals surface area contributed by atoms with Crippen LogP contribution in [-0.2, 0) is 4.79 Å². The van der Waals surface area contributed by atoms with E-state index in [0.717, 1.165) is 43.3 Å². The van der Waals surface area contributed by atoms with Crippen LogP contribution in [0.1, 0.15) is 23.5 Å². The van der Waals surface area contributed by atoms with Crippen molar-refractivity contribution in [3.63, 3.8) is 0 Å². The van der Waals surface area contributed by atoms with Crippen LogP contribution in [0.3, 0.4) is 0 Å². The van der Waals surface area contributed by atoms with Gasteiger partial charge in [0.1, 0.15) is 11.6 Å². The van der Waals surface area contributed by atoms with Gasteiger partial charge in [-0.25, -0.2) is 4.98 Å². The third kappa shape index (κ3) is 3.20. The number of para-hydroxylation sites is 1. The number of ether oxygens (including phenoxy) is 1. The molecule has 0 saturated carbocycles. The van der Waals surface area contributed by atoms with E-state index in [4.69, 9.17) is 4.74 Å². The number of fused-ring (bicyclic) bond motifs is 1. The summed E-state index contributed by atoms with van der Waals surface area (Å²) in [4.78, 5) is 20.9. The number of amides is 1. The largest absolute Gasteiger partial charge is 0.496 e. The second-order valence-electron chi connectivity index (χ2n) is 7.47. The molecule has 142 valence electrons. The highest BCUT2D eigenvalue weighted by Gasteiger charge is 2.32. The Hall–Kier alpha value is -2.76. The first kappa shape index (κ1) is 17.6. The second kappa shape index (κ2) is 7.10. The summed E-state index contributed by atoms with van der Waals surface area (Å²) < 4.78 is 5.56. The molecule has 1 aromatic carbocycles. The molecule has 6 nitrogen and oxygen atoms in total. The fraction of sp³-hybridized carbons (Fsp3) is 0.429. The van der Waals surface area contributed by atoms with Crippen LogP contribution in [-0.4, -0.2) is 56.6 Å². The maximum absolute atomic E-state index is 12.3. The van der Waals surface area contributed by atoms with E-state index < -0.39 is 0 Å². The Balaban J connectivity index is 1.60. The van der Waals surface area contributed by atoms with E-state index in [1.165, 1.54) is 11.1 Å². The average Bonchev–Trinajstić information content (AvgIpc) is 3.34. The molecule has 0 radical (unpaired) electrons. The number of nitrogens with zero attached hydrogens (tertiary/aromatic N) is 3. The number of pyridine rings is 1. The number of anilines is 2. The average molecular weight is 366 g/mol. The molecule has 2 aliphatic rings. The molecule has 6 heteroatoms. The lowest BCUT2D eigenvalue weighted by Gasteiger charge is -2.21. The van der Waals surface area contributed by atoms with E-state index in [9.17, 15) is 4.79 Å². The van der Waals surface area contributed by atoms with Gasteiger partial charge in [0.05, 0.1) is 24.9 Å². The van der Waals surface area contributed by atoms with Crippen molar-refractivity contribution in [2.45, 2.75) is 12.3 Å². The van der Waals surface area contributed by atoms with Gasteiger partial charge in [-0.1, -0.05) is 18.2 Å². The van der Waals surface area contributed by atoms with Gasteiger partial charge >= 0.3 is 0 Å². The predicted octanol–water partition coefficient (Wildman–Crippen LogP) is 2.56. The Morgan fingerprint density at radius 3 is 2.89 bits per heavy atom. The highest BCUT2D eigenvalue weighted by molar-refractivity contribution is 5.80. The molecular weight excluding hydrogens is 340 g/mol. The summed E-state index contributed by atoms with van der Waals surface area (Å²) in [5.74, 6) is 2.33. The van der Waals surface area contributed by atoms with Crippen molar-refractivity contribution < 1.29 is 9.53 Å². The Bertz CT molecular complexity index is 852. The number of benzene rings is 1. The summed E-state index contributed by atoms with van der Waals surface area (Å²) in [6.07, 6.45) is 2.81. The van der Waals surface area contributed by atoms with Gasteiger partial charge in [0.2, 0.25) is 5.91 Å². The molecule has 0 bridgehead atoms. The molecule has 1 saturated heterocycles. The minimum Gasteiger partial charge on any atom is -0.496 e. The molecule has 0 aliphatic carbocycles. The molecular formula is C21H26N4O2. The fourth-order valence-corrected chi connectivity index (χ4v) is 4.16. The summed E-state index contributed by atoms with van der Waals surface area (Å²) in [7, 11) is 5.36. The molecule has 1 fully saturated rings. The van der Waals surface area contributed by atoms with Crippen molar-refractivity contribution in [3.8, 4) is 5.75 Å². The molecule has 2 atom stereocenters. The number of hydrogen-bond acceptors (Lipinski definition) is 5. The summed E-state index contributed by atoms with van der Waals surface area (Å²) in [5, 5.41) is 3.41. The van der Waals surface area contributed by atoms with E-state index in [0.29, 0.717) is 0 Å². The van der Waals surface area contributed by atoms with Crippen LogP contribution >= 0.6 is 0 Å². The van der Waals surface area contributed by atoms with Crippen LogP contribution in [0.2, 0.25) is 0 Å². The lowest BCUT2D eigenvalue weighted by atomic mass is 9.93. The van der Waals surface area contributed by atoms with Crippen molar-refractivity contribution in [2.24, 2.45) is 5.92 Å². The summed E-state index contributed by atoms with van der Waals surface area (Å²) in [6.45, 7) is 2.45. The Kier molecular flexibility index (Phi) is 4.64. The minimum absolute atomic E-state index is 0.0661. The molecule has 4 rings (SSSR count). The van der Waals surface area contributed by atoms with Gasteiger partial charge in [-0.05, 0) is 18.6 Å². The molecule has 2 aromatic rings. The van der Waals surface area contributed by atoms with Crippen molar-refractivity contribution >= 4 is 17.4 Å². The van der Waals surface area contributed by atoms with E-state index >= 15 is 0 Å². The molecule has 2 unspecified atom stereocenters. The van der Waals surface area contributed by atoms with Crippen molar-refractivity contribution in [2.75, 3.05) is 51.1 Å². The van der Waals surface area contributed by atoms with Crippen LogP contribution in [0.4, 0.5) is 11.5 Å². The fourth-order valence-electron chi connectivity index (χ4n) is 4.16. The highest BCUT2D eigenvalue weighted by Crippen LogP contribution is 2.40. The summed E-state index contributed by atoms with van der Waals surface area (Å²) >= 11 is 0. The monoisotopic (exact) mass is 366 g/mol.